The van der Waals surface area contributed by atoms with Crippen LogP contribution in [0.3, 0.4) is 0 Å². The summed E-state index contributed by atoms with van der Waals surface area (Å²) in [6.07, 6.45) is 4.08. The zero-order chi connectivity index (χ0) is 26.6. The van der Waals surface area contributed by atoms with Crippen molar-refractivity contribution in [3.8, 4) is 5.75 Å². The number of carbonyl (C=O) groups is 3. The van der Waals surface area contributed by atoms with Crippen LogP contribution in [0.25, 0.3) is 10.9 Å². The third-order valence-corrected chi connectivity index (χ3v) is 6.96. The Bertz CT molecular complexity index is 1500. The summed E-state index contributed by atoms with van der Waals surface area (Å²) >= 11 is 6.16. The number of ether oxygens (including phenoxy) is 1. The summed E-state index contributed by atoms with van der Waals surface area (Å²) in [5, 5.41) is 7.11. The van der Waals surface area contributed by atoms with Crippen LogP contribution in [0.1, 0.15) is 41.2 Å². The molecule has 1 aliphatic heterocycles. The summed E-state index contributed by atoms with van der Waals surface area (Å²) in [5.74, 6) is -0.290. The van der Waals surface area contributed by atoms with Gasteiger partial charge < -0.3 is 25.3 Å². The Kier molecular flexibility index (Phi) is 7.33. The van der Waals surface area contributed by atoms with Gasteiger partial charge in [-0.2, -0.15) is 0 Å². The molecule has 0 aliphatic carbocycles. The fraction of sp³-hybridized carbons (Fsp3) is 0.207. The van der Waals surface area contributed by atoms with Crippen LogP contribution in [0, 0.1) is 0 Å². The highest BCUT2D eigenvalue weighted by molar-refractivity contribution is 6.35. The number of hydrogen-bond donors (Lipinski definition) is 3. The van der Waals surface area contributed by atoms with Crippen molar-refractivity contribution in [1.82, 2.24) is 10.3 Å². The Hall–Kier alpha value is -4.30. The molecule has 9 heteroatoms. The lowest BCUT2D eigenvalue weighted by Crippen LogP contribution is -2.37. The topological polar surface area (TPSA) is 104 Å². The van der Waals surface area contributed by atoms with Crippen molar-refractivity contribution in [3.63, 3.8) is 0 Å². The number of hydrogen-bond acceptors (Lipinski definition) is 4. The number of fused-ring (bicyclic) bond motifs is 1. The fourth-order valence-corrected chi connectivity index (χ4v) is 4.87. The number of piperidine rings is 1. The first-order chi connectivity index (χ1) is 18.4. The van der Waals surface area contributed by atoms with Crippen molar-refractivity contribution >= 4 is 51.6 Å². The van der Waals surface area contributed by atoms with Gasteiger partial charge in [0.25, 0.3) is 11.8 Å². The Morgan fingerprint density at radius 2 is 1.84 bits per heavy atom. The molecule has 8 nitrogen and oxygen atoms in total. The van der Waals surface area contributed by atoms with E-state index in [0.29, 0.717) is 46.1 Å². The summed E-state index contributed by atoms with van der Waals surface area (Å²) < 4.78 is 5.48. The number of anilines is 2. The Labute approximate surface area is 224 Å². The lowest BCUT2D eigenvalue weighted by Gasteiger charge is -2.27. The van der Waals surface area contributed by atoms with Gasteiger partial charge in [-0.15, -0.1) is 0 Å². The Balaban J connectivity index is 1.39. The molecule has 0 saturated carbocycles. The second kappa shape index (κ2) is 11.0. The largest absolute Gasteiger partial charge is 0.496 e. The van der Waals surface area contributed by atoms with E-state index in [4.69, 9.17) is 16.3 Å². The number of aromatic nitrogens is 1. The van der Waals surface area contributed by atoms with E-state index in [9.17, 15) is 14.4 Å². The number of halogens is 1. The zero-order valence-corrected chi connectivity index (χ0v) is 21.5. The van der Waals surface area contributed by atoms with Gasteiger partial charge in [0.2, 0.25) is 5.91 Å². The van der Waals surface area contributed by atoms with Crippen molar-refractivity contribution in [2.45, 2.75) is 25.3 Å². The monoisotopic (exact) mass is 530 g/mol. The number of nitrogens with one attached hydrogen (secondary N) is 3. The van der Waals surface area contributed by atoms with Gasteiger partial charge in [-0.05, 0) is 55.3 Å². The van der Waals surface area contributed by atoms with Crippen LogP contribution >= 0.6 is 11.6 Å². The van der Waals surface area contributed by atoms with Crippen molar-refractivity contribution in [2.75, 3.05) is 23.9 Å². The minimum absolute atomic E-state index is 0.104. The predicted octanol–water partition coefficient (Wildman–Crippen LogP) is 5.46. The molecule has 1 saturated heterocycles. The van der Waals surface area contributed by atoms with Crippen LogP contribution in [0.4, 0.5) is 11.4 Å². The van der Waals surface area contributed by atoms with E-state index in [-0.39, 0.29) is 5.91 Å². The third kappa shape index (κ3) is 5.21. The summed E-state index contributed by atoms with van der Waals surface area (Å²) in [4.78, 5) is 43.9. The van der Waals surface area contributed by atoms with Gasteiger partial charge in [0.1, 0.15) is 11.8 Å². The van der Waals surface area contributed by atoms with Gasteiger partial charge in [-0.3, -0.25) is 14.4 Å². The number of H-pyrrole nitrogens is 1. The number of methoxy groups -OCH3 is 1. The van der Waals surface area contributed by atoms with Crippen molar-refractivity contribution in [2.24, 2.45) is 0 Å². The van der Waals surface area contributed by atoms with Crippen molar-refractivity contribution < 1.29 is 19.1 Å². The van der Waals surface area contributed by atoms with Crippen LogP contribution in [-0.2, 0) is 9.59 Å². The summed E-state index contributed by atoms with van der Waals surface area (Å²) in [5.41, 5.74) is 2.94. The van der Waals surface area contributed by atoms with Gasteiger partial charge in [-0.1, -0.05) is 35.9 Å². The van der Waals surface area contributed by atoms with E-state index < -0.39 is 17.9 Å². The van der Waals surface area contributed by atoms with E-state index in [1.165, 1.54) is 7.11 Å². The second-order valence-electron chi connectivity index (χ2n) is 9.08. The number of amides is 3. The molecule has 1 fully saturated rings. The van der Waals surface area contributed by atoms with Gasteiger partial charge in [-0.25, -0.2) is 0 Å². The Morgan fingerprint density at radius 3 is 2.61 bits per heavy atom. The lowest BCUT2D eigenvalue weighted by atomic mass is 10.0. The first-order valence-electron chi connectivity index (χ1n) is 12.4. The van der Waals surface area contributed by atoms with Crippen molar-refractivity contribution in [1.29, 1.82) is 0 Å². The molecule has 1 unspecified atom stereocenters. The Morgan fingerprint density at radius 1 is 1.05 bits per heavy atom. The summed E-state index contributed by atoms with van der Waals surface area (Å²) in [6, 6.07) is 18.2. The highest BCUT2D eigenvalue weighted by Crippen LogP contribution is 2.29. The summed E-state index contributed by atoms with van der Waals surface area (Å²) in [7, 11) is 1.51. The molecule has 3 amide bonds. The molecule has 3 N–H and O–H groups in total. The van der Waals surface area contributed by atoms with Gasteiger partial charge >= 0.3 is 0 Å². The number of benzene rings is 3. The maximum atomic E-state index is 13.5. The van der Waals surface area contributed by atoms with Crippen LogP contribution in [0.15, 0.2) is 72.9 Å². The zero-order valence-electron chi connectivity index (χ0n) is 20.8. The number of para-hydroxylation sites is 1. The molecule has 194 valence electrons. The molecule has 5 rings (SSSR count). The SMILES string of the molecule is COc1ccccc1C(NC(=O)c1ccc2c(Cl)c[nH]c2c1)C(=O)Nc1ccc(N2CCCCC2=O)cc1. The first-order valence-corrected chi connectivity index (χ1v) is 12.7. The van der Waals surface area contributed by atoms with Gasteiger partial charge in [0, 0.05) is 52.6 Å². The average Bonchev–Trinajstić information content (AvgIpc) is 3.32. The molecule has 3 aromatic carbocycles. The highest BCUT2D eigenvalue weighted by atomic mass is 35.5. The fourth-order valence-electron chi connectivity index (χ4n) is 4.65. The van der Waals surface area contributed by atoms with E-state index >= 15 is 0 Å². The van der Waals surface area contributed by atoms with Crippen LogP contribution < -0.4 is 20.3 Å². The maximum Gasteiger partial charge on any atom is 0.252 e. The third-order valence-electron chi connectivity index (χ3n) is 6.65. The standard InChI is InChI=1S/C29H27ClN4O4/c1-38-25-7-3-2-6-22(25)27(33-28(36)18-9-14-21-23(30)17-31-24(21)16-18)29(37)32-19-10-12-20(13-11-19)34-15-5-4-8-26(34)35/h2-3,6-7,9-14,16-17,27,31H,4-5,8,15H2,1H3,(H,32,37)(H,33,36). The first kappa shape index (κ1) is 25.4. The molecule has 38 heavy (non-hydrogen) atoms. The quantitative estimate of drug-likeness (QED) is 0.295. The smallest absolute Gasteiger partial charge is 0.252 e. The summed E-state index contributed by atoms with van der Waals surface area (Å²) in [6.45, 7) is 0.687. The highest BCUT2D eigenvalue weighted by Gasteiger charge is 2.27. The molecule has 4 aromatic rings. The molecule has 2 heterocycles. The lowest BCUT2D eigenvalue weighted by molar-refractivity contribution is -0.119. The predicted molar refractivity (Wildman–Crippen MR) is 148 cm³/mol. The van der Waals surface area contributed by atoms with Gasteiger partial charge in [0.05, 0.1) is 12.1 Å². The number of carbonyl (C=O) groups excluding carboxylic acids is 3. The molecule has 1 aliphatic rings. The van der Waals surface area contributed by atoms with E-state index in [1.54, 1.807) is 65.7 Å². The molecule has 0 spiro atoms. The average molecular weight is 531 g/mol. The van der Waals surface area contributed by atoms with E-state index in [1.807, 2.05) is 12.1 Å². The number of nitrogens with zero attached hydrogens (tertiary/aromatic N) is 1. The van der Waals surface area contributed by atoms with Crippen LogP contribution in [-0.4, -0.2) is 36.4 Å². The molecule has 0 bridgehead atoms. The van der Waals surface area contributed by atoms with E-state index in [0.717, 1.165) is 23.9 Å². The molecule has 1 aromatic heterocycles. The van der Waals surface area contributed by atoms with Crippen LogP contribution in [0.2, 0.25) is 5.02 Å². The molecular weight excluding hydrogens is 504 g/mol. The number of rotatable bonds is 7. The molecule has 1 atom stereocenters. The minimum atomic E-state index is -1.04. The number of aromatic amines is 1. The van der Waals surface area contributed by atoms with Gasteiger partial charge in [0.15, 0.2) is 0 Å². The minimum Gasteiger partial charge on any atom is -0.496 e. The van der Waals surface area contributed by atoms with Crippen molar-refractivity contribution in [3.05, 3.63) is 89.1 Å². The van der Waals surface area contributed by atoms with E-state index in [2.05, 4.69) is 15.6 Å². The normalized spacial score (nSPS) is 14.3. The molecule has 0 radical (unpaired) electrons. The van der Waals surface area contributed by atoms with Crippen LogP contribution in [0.5, 0.6) is 5.75 Å². The second-order valence-corrected chi connectivity index (χ2v) is 9.49. The molecular formula is C29H27ClN4O4. The maximum absolute atomic E-state index is 13.5.